The predicted molar refractivity (Wildman–Crippen MR) is 144 cm³/mol. The van der Waals surface area contributed by atoms with Crippen LogP contribution < -0.4 is 10.4 Å². The summed E-state index contributed by atoms with van der Waals surface area (Å²) in [5.41, 5.74) is -0.870. The minimum atomic E-state index is -4.37. The first-order valence-corrected chi connectivity index (χ1v) is 14.8. The van der Waals surface area contributed by atoms with Gasteiger partial charge in [-0.2, -0.15) is 13.2 Å². The van der Waals surface area contributed by atoms with Gasteiger partial charge in [0.05, 0.1) is 12.6 Å². The highest BCUT2D eigenvalue weighted by atomic mass is 28.4. The number of amides is 2. The third-order valence-electron chi connectivity index (χ3n) is 6.86. The molecule has 0 aromatic heterocycles. The molecule has 38 heavy (non-hydrogen) atoms. The van der Waals surface area contributed by atoms with Gasteiger partial charge >= 0.3 is 12.3 Å². The van der Waals surface area contributed by atoms with Crippen LogP contribution >= 0.6 is 0 Å². The molecule has 1 saturated heterocycles. The van der Waals surface area contributed by atoms with Crippen molar-refractivity contribution in [3.05, 3.63) is 60.7 Å². The van der Waals surface area contributed by atoms with Crippen LogP contribution in [0.5, 0.6) is 0 Å². The van der Waals surface area contributed by atoms with Crippen LogP contribution in [0.4, 0.5) is 18.0 Å². The predicted octanol–water partition coefficient (Wildman–Crippen LogP) is 6.06. The molecule has 0 radical (unpaired) electrons. The number of alkyl halides is 3. The number of likely N-dealkylation sites (tertiary alicyclic amines) is 1. The number of hydrogen-bond acceptors (Lipinski definition) is 4. The van der Waals surface area contributed by atoms with E-state index in [-0.39, 0.29) is 24.5 Å². The summed E-state index contributed by atoms with van der Waals surface area (Å²) < 4.78 is 51.9. The Morgan fingerprint density at radius 3 is 1.84 bits per heavy atom. The lowest BCUT2D eigenvalue weighted by Gasteiger charge is -2.44. The minimum Gasteiger partial charge on any atom is -0.443 e. The standard InChI is InChI=1S/C29H38F3NO4Si/c1-27(2,3)37-26(35)33-24(21(19-25(33)34)17-18-29(30,31)32)20-36-38(28(4,5)6,22-13-9-7-10-14-22)23-15-11-8-12-16-23/h7-16,21,24H,17-20H2,1-6H3/t21-,24+/m1/s1. The summed E-state index contributed by atoms with van der Waals surface area (Å²) in [6.07, 6.45) is -6.70. The lowest BCUT2D eigenvalue weighted by Crippen LogP contribution is -2.67. The average Bonchev–Trinajstić information content (AvgIpc) is 3.12. The smallest absolute Gasteiger partial charge is 0.417 e. The fourth-order valence-electron chi connectivity index (χ4n) is 5.23. The van der Waals surface area contributed by atoms with Gasteiger partial charge < -0.3 is 9.16 Å². The Morgan fingerprint density at radius 1 is 0.921 bits per heavy atom. The quantitative estimate of drug-likeness (QED) is 0.394. The van der Waals surface area contributed by atoms with Gasteiger partial charge in [-0.1, -0.05) is 81.4 Å². The van der Waals surface area contributed by atoms with E-state index in [2.05, 4.69) is 20.8 Å². The summed E-state index contributed by atoms with van der Waals surface area (Å²) in [6, 6.07) is 18.8. The van der Waals surface area contributed by atoms with Gasteiger partial charge in [0.2, 0.25) is 5.91 Å². The highest BCUT2D eigenvalue weighted by Gasteiger charge is 2.53. The second-order valence-corrected chi connectivity index (χ2v) is 16.2. The maximum atomic E-state index is 13.2. The van der Waals surface area contributed by atoms with Crippen molar-refractivity contribution >= 4 is 30.7 Å². The molecule has 1 aliphatic heterocycles. The van der Waals surface area contributed by atoms with E-state index in [1.165, 1.54) is 0 Å². The monoisotopic (exact) mass is 549 g/mol. The largest absolute Gasteiger partial charge is 0.443 e. The summed E-state index contributed by atoms with van der Waals surface area (Å²) >= 11 is 0. The van der Waals surface area contributed by atoms with Gasteiger partial charge in [-0.15, -0.1) is 0 Å². The van der Waals surface area contributed by atoms with Crippen molar-refractivity contribution in [2.45, 2.75) is 83.7 Å². The van der Waals surface area contributed by atoms with Crippen LogP contribution in [0.25, 0.3) is 0 Å². The Kier molecular flexibility index (Phi) is 8.83. The molecule has 0 unspecified atom stereocenters. The van der Waals surface area contributed by atoms with Crippen LogP contribution in [0, 0.1) is 5.92 Å². The summed E-state index contributed by atoms with van der Waals surface area (Å²) in [5.74, 6) is -1.24. The Hall–Kier alpha value is -2.65. The molecule has 3 rings (SSSR count). The fourth-order valence-corrected chi connectivity index (χ4v) is 9.81. The first-order chi connectivity index (χ1) is 17.6. The lowest BCUT2D eigenvalue weighted by atomic mass is 9.95. The number of benzene rings is 2. The van der Waals surface area contributed by atoms with Gasteiger partial charge in [-0.05, 0) is 48.5 Å². The topological polar surface area (TPSA) is 55.8 Å². The average molecular weight is 550 g/mol. The molecule has 2 aromatic carbocycles. The molecule has 0 bridgehead atoms. The molecule has 9 heteroatoms. The SMILES string of the molecule is CC(C)(C)OC(=O)N1C(=O)C[C@@H](CCC(F)(F)F)[C@@H]1CO[Si](c1ccccc1)(c1ccccc1)C(C)(C)C. The first kappa shape index (κ1) is 29.9. The van der Waals surface area contributed by atoms with Crippen molar-refractivity contribution in [3.63, 3.8) is 0 Å². The molecule has 2 aromatic rings. The third kappa shape index (κ3) is 6.85. The third-order valence-corrected chi connectivity index (χ3v) is 11.9. The fraction of sp³-hybridized carbons (Fsp3) is 0.517. The molecule has 5 nitrogen and oxygen atoms in total. The number of halogens is 3. The highest BCUT2D eigenvalue weighted by molar-refractivity contribution is 6.99. The number of ether oxygens (including phenoxy) is 1. The van der Waals surface area contributed by atoms with E-state index >= 15 is 0 Å². The van der Waals surface area contributed by atoms with Crippen molar-refractivity contribution in [1.82, 2.24) is 4.90 Å². The second kappa shape index (κ2) is 11.2. The van der Waals surface area contributed by atoms with E-state index in [9.17, 15) is 22.8 Å². The van der Waals surface area contributed by atoms with Gasteiger partial charge in [-0.3, -0.25) is 4.79 Å². The maximum absolute atomic E-state index is 13.2. The number of nitrogens with zero attached hydrogens (tertiary/aromatic N) is 1. The van der Waals surface area contributed by atoms with Crippen molar-refractivity contribution in [2.24, 2.45) is 5.92 Å². The first-order valence-electron chi connectivity index (χ1n) is 12.9. The van der Waals surface area contributed by atoms with E-state index in [1.807, 2.05) is 60.7 Å². The summed E-state index contributed by atoms with van der Waals surface area (Å²) in [4.78, 5) is 27.1. The van der Waals surface area contributed by atoms with Crippen LogP contribution in [-0.4, -0.2) is 49.6 Å². The molecule has 2 atom stereocenters. The molecule has 0 spiro atoms. The molecule has 208 valence electrons. The van der Waals surface area contributed by atoms with Gasteiger partial charge in [0, 0.05) is 12.8 Å². The molecule has 1 heterocycles. The van der Waals surface area contributed by atoms with E-state index in [4.69, 9.17) is 9.16 Å². The zero-order valence-electron chi connectivity index (χ0n) is 23.0. The normalized spacial score (nSPS) is 19.1. The molecule has 1 aliphatic rings. The van der Waals surface area contributed by atoms with E-state index < -0.39 is 50.5 Å². The van der Waals surface area contributed by atoms with Gasteiger partial charge in [0.1, 0.15) is 5.60 Å². The van der Waals surface area contributed by atoms with Crippen molar-refractivity contribution in [2.75, 3.05) is 6.61 Å². The van der Waals surface area contributed by atoms with Crippen LogP contribution in [0.15, 0.2) is 60.7 Å². The van der Waals surface area contributed by atoms with Crippen LogP contribution in [-0.2, 0) is 14.0 Å². The van der Waals surface area contributed by atoms with Crippen molar-refractivity contribution in [1.29, 1.82) is 0 Å². The highest BCUT2D eigenvalue weighted by Crippen LogP contribution is 2.39. The van der Waals surface area contributed by atoms with Crippen LogP contribution in [0.2, 0.25) is 5.04 Å². The van der Waals surface area contributed by atoms with Gasteiger partial charge in [-0.25, -0.2) is 9.69 Å². The summed E-state index contributed by atoms with van der Waals surface area (Å²) in [5, 5.41) is 1.62. The Labute approximate surface area is 224 Å². The molecule has 0 aliphatic carbocycles. The summed E-state index contributed by atoms with van der Waals surface area (Å²) in [6.45, 7) is 11.2. The molecule has 2 amide bonds. The Bertz CT molecular complexity index is 1060. The molecular formula is C29H38F3NO4Si. The van der Waals surface area contributed by atoms with Crippen molar-refractivity contribution < 1.29 is 31.9 Å². The molecule has 0 N–H and O–H groups in total. The van der Waals surface area contributed by atoms with Crippen LogP contribution in [0.1, 0.15) is 60.8 Å². The Balaban J connectivity index is 2.06. The second-order valence-electron chi connectivity index (χ2n) is 11.9. The number of rotatable bonds is 7. The number of carbonyl (C=O) groups is 2. The molecular weight excluding hydrogens is 511 g/mol. The summed E-state index contributed by atoms with van der Waals surface area (Å²) in [7, 11) is -3.05. The van der Waals surface area contributed by atoms with Gasteiger partial charge in [0.25, 0.3) is 8.32 Å². The number of carbonyl (C=O) groups excluding carboxylic acids is 2. The maximum Gasteiger partial charge on any atom is 0.417 e. The van der Waals surface area contributed by atoms with E-state index in [0.29, 0.717) is 0 Å². The minimum absolute atomic E-state index is 0.0826. The van der Waals surface area contributed by atoms with Gasteiger partial charge in [0.15, 0.2) is 0 Å². The zero-order valence-corrected chi connectivity index (χ0v) is 24.0. The van der Waals surface area contributed by atoms with Crippen molar-refractivity contribution in [3.8, 4) is 0 Å². The van der Waals surface area contributed by atoms with E-state index in [1.54, 1.807) is 20.8 Å². The molecule has 0 saturated carbocycles. The lowest BCUT2D eigenvalue weighted by molar-refractivity contribution is -0.138. The number of imide groups is 1. The zero-order chi connectivity index (χ0) is 28.4. The van der Waals surface area contributed by atoms with E-state index in [0.717, 1.165) is 15.3 Å². The number of hydrogen-bond donors (Lipinski definition) is 0. The Morgan fingerprint density at radius 2 is 1.42 bits per heavy atom. The molecule has 1 fully saturated rings. The van der Waals surface area contributed by atoms with Crippen LogP contribution in [0.3, 0.4) is 0 Å².